The summed E-state index contributed by atoms with van der Waals surface area (Å²) in [5.41, 5.74) is -5.54. The Labute approximate surface area is 264 Å². The molecule has 6 nitrogen and oxygen atoms in total. The van der Waals surface area contributed by atoms with Crippen molar-refractivity contribution >= 4 is 25.3 Å². The fraction of sp³-hybridized carbons (Fsp3) is 0.481. The summed E-state index contributed by atoms with van der Waals surface area (Å²) in [7, 11) is 0. The molecule has 0 aliphatic heterocycles. The number of aromatic nitrogens is 4. The van der Waals surface area contributed by atoms with Gasteiger partial charge in [0.1, 0.15) is 22.9 Å². The molecule has 4 aromatic heterocycles. The molecule has 0 saturated heterocycles. The molecule has 0 amide bonds. The maximum atomic E-state index is 14.2. The number of hydrogen-bond acceptors (Lipinski definition) is 6. The van der Waals surface area contributed by atoms with Crippen LogP contribution in [-0.4, -0.2) is 19.6 Å². The summed E-state index contributed by atoms with van der Waals surface area (Å²) < 4.78 is 97.4. The van der Waals surface area contributed by atoms with Crippen LogP contribution in [0.3, 0.4) is 0 Å². The minimum absolute atomic E-state index is 0. The second-order valence-corrected chi connectivity index (χ2v) is 13.1. The molecule has 0 N–H and O–H groups in total. The third-order valence-corrected chi connectivity index (χ3v) is 7.16. The minimum atomic E-state index is -4.86. The van der Waals surface area contributed by atoms with E-state index in [-0.39, 0.29) is 54.0 Å². The molecule has 0 aliphatic rings. The Morgan fingerprint density at radius 3 is 1.14 bits per heavy atom. The summed E-state index contributed by atoms with van der Waals surface area (Å²) in [6.45, 7) is 13.7. The molecule has 0 spiro atoms. The third-order valence-electron chi connectivity index (χ3n) is 6.57. The summed E-state index contributed by atoms with van der Waals surface area (Å²) >= 11 is 10.4. The fourth-order valence-corrected chi connectivity index (χ4v) is 4.51. The van der Waals surface area contributed by atoms with Crippen molar-refractivity contribution < 1.29 is 56.2 Å². The van der Waals surface area contributed by atoms with E-state index in [2.05, 4.69) is 10.2 Å². The van der Waals surface area contributed by atoms with Crippen LogP contribution < -0.4 is 0 Å². The molecule has 0 bridgehead atoms. The molecule has 0 fully saturated rings. The summed E-state index contributed by atoms with van der Waals surface area (Å²) in [6.07, 6.45) is -9.73. The van der Waals surface area contributed by atoms with Crippen LogP contribution >= 0.6 is 0 Å². The third kappa shape index (κ3) is 6.31. The van der Waals surface area contributed by atoms with Crippen LogP contribution in [0, 0.1) is 0 Å². The van der Waals surface area contributed by atoms with Crippen molar-refractivity contribution in [2.24, 2.45) is 0 Å². The van der Waals surface area contributed by atoms with Crippen LogP contribution in [0.5, 0.6) is 0 Å². The van der Waals surface area contributed by atoms with Crippen molar-refractivity contribution in [1.82, 2.24) is 19.6 Å². The summed E-state index contributed by atoms with van der Waals surface area (Å²) in [5, 5.41) is 7.95. The van der Waals surface area contributed by atoms with Gasteiger partial charge in [0, 0.05) is 33.1 Å². The van der Waals surface area contributed by atoms with Gasteiger partial charge >= 0.3 is 33.4 Å². The van der Waals surface area contributed by atoms with Gasteiger partial charge in [-0.05, 0) is 26.0 Å². The smallest absolute Gasteiger partial charge is 0.740 e. The second kappa shape index (κ2) is 10.7. The first-order valence-electron chi connectivity index (χ1n) is 12.4. The van der Waals surface area contributed by atoms with E-state index >= 15 is 0 Å². The zero-order valence-electron chi connectivity index (χ0n) is 23.8. The Morgan fingerprint density at radius 2 is 0.905 bits per heavy atom. The molecule has 42 heavy (non-hydrogen) atoms. The van der Waals surface area contributed by atoms with Crippen LogP contribution in [0.15, 0.2) is 43.3 Å². The van der Waals surface area contributed by atoms with Gasteiger partial charge in [-0.3, -0.25) is 0 Å². The van der Waals surface area contributed by atoms with E-state index in [9.17, 15) is 26.3 Å². The SMILES string of the molecule is CC(C)(C)c1cc(-n2nc(C(C)(C)c3cc(C(F)(F)F)n(-c4cc(C(C)(C)C)oc4[S-])n3)cc2C(F)(F)F)c([S-])o1.[Pt+2]. The van der Waals surface area contributed by atoms with Gasteiger partial charge in [0.15, 0.2) is 0 Å². The molecule has 0 atom stereocenters. The number of hydrogen-bond donors (Lipinski definition) is 0. The van der Waals surface area contributed by atoms with Gasteiger partial charge in [0.2, 0.25) is 0 Å². The van der Waals surface area contributed by atoms with E-state index < -0.39 is 40.0 Å². The van der Waals surface area contributed by atoms with E-state index in [1.165, 1.54) is 26.0 Å². The quantitative estimate of drug-likeness (QED) is 0.154. The maximum absolute atomic E-state index is 14.2. The molecule has 4 heterocycles. The molecule has 232 valence electrons. The van der Waals surface area contributed by atoms with E-state index in [1.807, 2.05) is 0 Å². The van der Waals surface area contributed by atoms with Gasteiger partial charge in [-0.25, -0.2) is 9.36 Å². The molecule has 4 aromatic rings. The van der Waals surface area contributed by atoms with Gasteiger partial charge in [0.05, 0.1) is 28.2 Å². The van der Waals surface area contributed by atoms with E-state index in [1.54, 1.807) is 41.5 Å². The Hall–Kier alpha value is -2.31. The molecule has 0 saturated carbocycles. The number of alkyl halides is 6. The zero-order valence-corrected chi connectivity index (χ0v) is 27.7. The van der Waals surface area contributed by atoms with Crippen LogP contribution in [0.1, 0.15) is 89.7 Å². The van der Waals surface area contributed by atoms with Crippen LogP contribution in [-0.2, 0) is 74.9 Å². The minimum Gasteiger partial charge on any atom is -0.740 e. The standard InChI is InChI=1S/C27H30F6N4O2S2.Pt/c1-23(2,3)19-9-13(21(40)38-19)36-17(26(28,29)30)11-15(34-36)25(7,8)16-12-18(27(31,32)33)37(35-16)14-10-20(24(4,5)6)39-22(14)41;/h9-12,40-41H,1-8H3;/q;+2/p-2. The average molecular weight is 814 g/mol. The van der Waals surface area contributed by atoms with Gasteiger partial charge in [0.25, 0.3) is 0 Å². The van der Waals surface area contributed by atoms with Crippen molar-refractivity contribution in [3.8, 4) is 11.4 Å². The van der Waals surface area contributed by atoms with Crippen LogP contribution in [0.2, 0.25) is 0 Å². The predicted octanol–water partition coefficient (Wildman–Crippen LogP) is 8.01. The largest absolute Gasteiger partial charge is 2.00 e. The summed E-state index contributed by atoms with van der Waals surface area (Å²) in [5.74, 6) is 0.704. The Morgan fingerprint density at radius 1 is 0.595 bits per heavy atom. The first kappa shape index (κ1) is 34.2. The van der Waals surface area contributed by atoms with Crippen molar-refractivity contribution in [3.05, 3.63) is 58.6 Å². The average Bonchev–Trinajstić information content (AvgIpc) is 3.54. The molecular formula is C27H28F6N4O2PtS2. The molecule has 0 unspecified atom stereocenters. The van der Waals surface area contributed by atoms with Gasteiger partial charge in [-0.15, -0.1) is 0 Å². The van der Waals surface area contributed by atoms with Crippen LogP contribution in [0.4, 0.5) is 26.3 Å². The van der Waals surface area contributed by atoms with Crippen molar-refractivity contribution in [3.63, 3.8) is 0 Å². The zero-order chi connectivity index (χ0) is 31.1. The van der Waals surface area contributed by atoms with Crippen molar-refractivity contribution in [1.29, 1.82) is 0 Å². The Bertz CT molecular complexity index is 1480. The number of rotatable bonds is 4. The molecule has 0 radical (unpaired) electrons. The Balaban J connectivity index is 0.00000484. The number of halogens is 6. The van der Waals surface area contributed by atoms with Crippen LogP contribution in [0.25, 0.3) is 11.4 Å². The maximum Gasteiger partial charge on any atom is 2.00 e. The normalized spacial score (nSPS) is 13.5. The van der Waals surface area contributed by atoms with E-state index in [0.29, 0.717) is 20.9 Å². The first-order chi connectivity index (χ1) is 18.4. The molecule has 4 rings (SSSR count). The molecule has 0 aliphatic carbocycles. The van der Waals surface area contributed by atoms with Crippen molar-refractivity contribution in [2.45, 2.75) is 94.2 Å². The van der Waals surface area contributed by atoms with Crippen molar-refractivity contribution in [2.75, 3.05) is 0 Å². The van der Waals surface area contributed by atoms with E-state index in [4.69, 9.17) is 34.1 Å². The molecule has 0 aromatic carbocycles. The fourth-order valence-electron chi connectivity index (χ4n) is 4.04. The first-order valence-corrected chi connectivity index (χ1v) is 13.2. The Kier molecular flexibility index (Phi) is 8.70. The monoisotopic (exact) mass is 813 g/mol. The predicted molar refractivity (Wildman–Crippen MR) is 142 cm³/mol. The molecule has 15 heteroatoms. The topological polar surface area (TPSA) is 61.9 Å². The summed E-state index contributed by atoms with van der Waals surface area (Å²) in [4.78, 5) is 0. The van der Waals surface area contributed by atoms with Gasteiger partial charge in [-0.2, -0.15) is 36.5 Å². The molecular weight excluding hydrogens is 786 g/mol. The summed E-state index contributed by atoms with van der Waals surface area (Å²) in [6, 6.07) is 4.32. The van der Waals surface area contributed by atoms with E-state index in [0.717, 1.165) is 12.1 Å². The number of furan rings is 2. The second-order valence-electron chi connectivity index (χ2n) is 12.3. The van der Waals surface area contributed by atoms with Gasteiger partial charge < -0.3 is 34.1 Å². The number of nitrogens with zero attached hydrogens (tertiary/aromatic N) is 4. The van der Waals surface area contributed by atoms with Gasteiger partial charge in [-0.1, -0.05) is 41.5 Å².